The number of hydrogen-bond acceptors (Lipinski definition) is 2. The third-order valence-electron chi connectivity index (χ3n) is 5.04. The molecule has 0 saturated carbocycles. The number of anilines is 1. The maximum Gasteiger partial charge on any atom is 0.266 e. The summed E-state index contributed by atoms with van der Waals surface area (Å²) in [5.41, 5.74) is 5.29. The van der Waals surface area contributed by atoms with E-state index in [1.807, 2.05) is 79.7 Å². The van der Waals surface area contributed by atoms with Crippen LogP contribution in [0.1, 0.15) is 11.3 Å². The zero-order valence-corrected chi connectivity index (χ0v) is 18.2. The second-order valence-electron chi connectivity index (χ2n) is 7.26. The lowest BCUT2D eigenvalue weighted by molar-refractivity contribution is -0.112. The average Bonchev–Trinajstić information content (AvgIpc) is 3.15. The number of carbonyl (C=O) groups excluding carboxylic acids is 1. The molecule has 32 heavy (non-hydrogen) atoms. The zero-order valence-electron chi connectivity index (χ0n) is 17.4. The van der Waals surface area contributed by atoms with Gasteiger partial charge in [-0.2, -0.15) is 5.26 Å². The number of rotatable bonds is 5. The second-order valence-corrected chi connectivity index (χ2v) is 7.69. The van der Waals surface area contributed by atoms with E-state index in [4.69, 9.17) is 11.6 Å². The molecule has 156 valence electrons. The molecule has 4 aromatic rings. The fourth-order valence-corrected chi connectivity index (χ4v) is 3.74. The van der Waals surface area contributed by atoms with Gasteiger partial charge in [0.2, 0.25) is 0 Å². The molecule has 0 radical (unpaired) electrons. The Morgan fingerprint density at radius 3 is 2.22 bits per heavy atom. The molecule has 0 fully saturated rings. The molecular weight excluding hydrogens is 418 g/mol. The van der Waals surface area contributed by atoms with Crippen LogP contribution in [0.15, 0.2) is 96.6 Å². The largest absolute Gasteiger partial charge is 0.321 e. The lowest BCUT2D eigenvalue weighted by Gasteiger charge is -2.13. The third-order valence-corrected chi connectivity index (χ3v) is 5.29. The molecule has 0 spiro atoms. The van der Waals surface area contributed by atoms with Gasteiger partial charge in [0.05, 0.1) is 5.69 Å². The minimum absolute atomic E-state index is 0.0161. The van der Waals surface area contributed by atoms with E-state index in [0.29, 0.717) is 10.7 Å². The first-order valence-corrected chi connectivity index (χ1v) is 10.5. The van der Waals surface area contributed by atoms with Crippen LogP contribution < -0.4 is 5.32 Å². The molecule has 0 aliphatic heterocycles. The number of halogens is 1. The van der Waals surface area contributed by atoms with E-state index in [1.54, 1.807) is 30.3 Å². The van der Waals surface area contributed by atoms with E-state index in [-0.39, 0.29) is 5.57 Å². The van der Waals surface area contributed by atoms with Gasteiger partial charge in [0.1, 0.15) is 11.6 Å². The van der Waals surface area contributed by atoms with Crippen LogP contribution in [0.25, 0.3) is 23.0 Å². The Morgan fingerprint density at radius 1 is 0.969 bits per heavy atom. The van der Waals surface area contributed by atoms with Crippen LogP contribution in [0.5, 0.6) is 0 Å². The van der Waals surface area contributed by atoms with Gasteiger partial charge in [-0.1, -0.05) is 60.1 Å². The number of amides is 1. The predicted octanol–water partition coefficient (Wildman–Crippen LogP) is 6.65. The Balaban J connectivity index is 1.80. The van der Waals surface area contributed by atoms with Crippen LogP contribution >= 0.6 is 11.6 Å². The Morgan fingerprint density at radius 2 is 1.59 bits per heavy atom. The number of aryl methyl sites for hydroxylation is 1. The number of carbonyl (C=O) groups is 1. The predicted molar refractivity (Wildman–Crippen MR) is 130 cm³/mol. The number of nitrogens with one attached hydrogen (secondary N) is 1. The first-order chi connectivity index (χ1) is 15.6. The second kappa shape index (κ2) is 9.38. The summed E-state index contributed by atoms with van der Waals surface area (Å²) in [5.74, 6) is -0.473. The van der Waals surface area contributed by atoms with Crippen molar-refractivity contribution in [3.05, 3.63) is 113 Å². The summed E-state index contributed by atoms with van der Waals surface area (Å²) in [7, 11) is 0. The molecule has 0 aliphatic carbocycles. The normalized spacial score (nSPS) is 11.1. The van der Waals surface area contributed by atoms with Crippen molar-refractivity contribution in [1.29, 1.82) is 5.26 Å². The van der Waals surface area contributed by atoms with Crippen LogP contribution in [0.4, 0.5) is 5.69 Å². The summed E-state index contributed by atoms with van der Waals surface area (Å²) in [6.45, 7) is 2.01. The minimum Gasteiger partial charge on any atom is -0.321 e. The SMILES string of the molecule is Cc1cc(/C=C(/C#N)C(=O)Nc2ccc(Cl)cc2)c(-c2ccccc2)n1-c1ccccc1. The summed E-state index contributed by atoms with van der Waals surface area (Å²) in [5, 5.41) is 13.1. The van der Waals surface area contributed by atoms with Gasteiger partial charge >= 0.3 is 0 Å². The molecule has 1 N–H and O–H groups in total. The monoisotopic (exact) mass is 437 g/mol. The van der Waals surface area contributed by atoms with Gasteiger partial charge in [-0.25, -0.2) is 0 Å². The Labute approximate surface area is 192 Å². The maximum atomic E-state index is 12.8. The summed E-state index contributed by atoms with van der Waals surface area (Å²) < 4.78 is 2.13. The fraction of sp³-hybridized carbons (Fsp3) is 0.0370. The van der Waals surface area contributed by atoms with Crippen molar-refractivity contribution in [3.8, 4) is 23.0 Å². The highest BCUT2D eigenvalue weighted by molar-refractivity contribution is 6.30. The van der Waals surface area contributed by atoms with E-state index in [2.05, 4.69) is 9.88 Å². The highest BCUT2D eigenvalue weighted by Gasteiger charge is 2.17. The maximum absolute atomic E-state index is 12.8. The lowest BCUT2D eigenvalue weighted by atomic mass is 10.0. The summed E-state index contributed by atoms with van der Waals surface area (Å²) >= 11 is 5.91. The third kappa shape index (κ3) is 4.49. The first-order valence-electron chi connectivity index (χ1n) is 10.1. The molecule has 1 heterocycles. The molecular formula is C27H20ClN3O. The molecule has 1 aromatic heterocycles. The van der Waals surface area contributed by atoms with Crippen molar-refractivity contribution in [2.75, 3.05) is 5.32 Å². The molecule has 4 rings (SSSR count). The van der Waals surface area contributed by atoms with E-state index < -0.39 is 5.91 Å². The van der Waals surface area contributed by atoms with Crippen LogP contribution in [0, 0.1) is 18.3 Å². The van der Waals surface area contributed by atoms with Gasteiger partial charge in [-0.3, -0.25) is 4.79 Å². The Bertz CT molecular complexity index is 1320. The minimum atomic E-state index is -0.473. The van der Waals surface area contributed by atoms with Crippen LogP contribution in [0.3, 0.4) is 0 Å². The Hall–Kier alpha value is -4.07. The number of hydrogen-bond donors (Lipinski definition) is 1. The lowest BCUT2D eigenvalue weighted by Crippen LogP contribution is -2.13. The van der Waals surface area contributed by atoms with Crippen molar-refractivity contribution < 1.29 is 4.79 Å². The van der Waals surface area contributed by atoms with Gasteiger partial charge in [0, 0.05) is 27.7 Å². The molecule has 4 nitrogen and oxygen atoms in total. The highest BCUT2D eigenvalue weighted by atomic mass is 35.5. The fourth-order valence-electron chi connectivity index (χ4n) is 3.61. The molecule has 0 unspecified atom stereocenters. The van der Waals surface area contributed by atoms with Gasteiger partial charge in [0.25, 0.3) is 5.91 Å². The van der Waals surface area contributed by atoms with E-state index in [1.165, 1.54) is 0 Å². The van der Waals surface area contributed by atoms with Crippen molar-refractivity contribution in [2.24, 2.45) is 0 Å². The number of benzene rings is 3. The van der Waals surface area contributed by atoms with Crippen LogP contribution in [0.2, 0.25) is 5.02 Å². The summed E-state index contributed by atoms with van der Waals surface area (Å²) in [4.78, 5) is 12.8. The van der Waals surface area contributed by atoms with Crippen molar-refractivity contribution in [3.63, 3.8) is 0 Å². The molecule has 0 atom stereocenters. The Kier molecular flexibility index (Phi) is 6.21. The van der Waals surface area contributed by atoms with Gasteiger partial charge in [-0.15, -0.1) is 0 Å². The number of nitriles is 1. The highest BCUT2D eigenvalue weighted by Crippen LogP contribution is 2.32. The molecule has 1 amide bonds. The summed E-state index contributed by atoms with van der Waals surface area (Å²) in [6, 6.07) is 30.7. The number of nitrogens with zero attached hydrogens (tertiary/aromatic N) is 2. The molecule has 5 heteroatoms. The van der Waals surface area contributed by atoms with Gasteiger partial charge in [-0.05, 0) is 61.0 Å². The van der Waals surface area contributed by atoms with Crippen molar-refractivity contribution in [2.45, 2.75) is 6.92 Å². The molecule has 0 aliphatic rings. The topological polar surface area (TPSA) is 57.8 Å². The zero-order chi connectivity index (χ0) is 22.5. The number of aromatic nitrogens is 1. The molecule has 3 aromatic carbocycles. The van der Waals surface area contributed by atoms with Crippen molar-refractivity contribution in [1.82, 2.24) is 4.57 Å². The van der Waals surface area contributed by atoms with Crippen LogP contribution in [-0.4, -0.2) is 10.5 Å². The van der Waals surface area contributed by atoms with E-state index >= 15 is 0 Å². The van der Waals surface area contributed by atoms with Crippen molar-refractivity contribution >= 4 is 29.3 Å². The number of para-hydroxylation sites is 1. The van der Waals surface area contributed by atoms with Gasteiger partial charge in [0.15, 0.2) is 0 Å². The molecule has 0 bridgehead atoms. The van der Waals surface area contributed by atoms with E-state index in [9.17, 15) is 10.1 Å². The first kappa shape index (κ1) is 21.2. The average molecular weight is 438 g/mol. The summed E-state index contributed by atoms with van der Waals surface area (Å²) in [6.07, 6.45) is 1.64. The quantitative estimate of drug-likeness (QED) is 0.280. The van der Waals surface area contributed by atoms with E-state index in [0.717, 1.165) is 28.2 Å². The van der Waals surface area contributed by atoms with Crippen LogP contribution in [-0.2, 0) is 4.79 Å². The van der Waals surface area contributed by atoms with Gasteiger partial charge < -0.3 is 9.88 Å². The molecule has 0 saturated heterocycles. The standard InChI is InChI=1S/C27H20ClN3O/c1-19-16-21(17-22(18-29)27(32)30-24-14-12-23(28)13-15-24)26(20-8-4-2-5-9-20)31(19)25-10-6-3-7-11-25/h2-17H,1H3,(H,30,32)/b22-17-. The smallest absolute Gasteiger partial charge is 0.266 e.